The van der Waals surface area contributed by atoms with E-state index in [0.717, 1.165) is 19.3 Å². The van der Waals surface area contributed by atoms with Crippen molar-refractivity contribution >= 4 is 5.97 Å². The molecule has 3 heteroatoms. The summed E-state index contributed by atoms with van der Waals surface area (Å²) in [5.74, 6) is 1.50. The summed E-state index contributed by atoms with van der Waals surface area (Å²) in [6.45, 7) is 7.14. The molecule has 1 rings (SSSR count). The van der Waals surface area contributed by atoms with Gasteiger partial charge in [-0.1, -0.05) is 27.2 Å². The van der Waals surface area contributed by atoms with E-state index in [-0.39, 0.29) is 18.0 Å². The highest BCUT2D eigenvalue weighted by Gasteiger charge is 2.23. The van der Waals surface area contributed by atoms with Crippen molar-refractivity contribution in [2.45, 2.75) is 65.4 Å². The van der Waals surface area contributed by atoms with Gasteiger partial charge >= 0.3 is 5.97 Å². The average molecular weight is 255 g/mol. The van der Waals surface area contributed by atoms with E-state index in [1.54, 1.807) is 0 Å². The third-order valence-electron chi connectivity index (χ3n) is 3.78. The molecule has 1 fully saturated rings. The molecule has 0 aromatic heterocycles. The molecule has 1 saturated carbocycles. The molecule has 0 aromatic carbocycles. The molecule has 2 unspecified atom stereocenters. The summed E-state index contributed by atoms with van der Waals surface area (Å²) >= 11 is 0. The maximum absolute atomic E-state index is 11.9. The molecule has 0 saturated heterocycles. The highest BCUT2D eigenvalue weighted by atomic mass is 16.5. The van der Waals surface area contributed by atoms with Crippen molar-refractivity contribution in [3.63, 3.8) is 0 Å². The molecule has 0 spiro atoms. The van der Waals surface area contributed by atoms with Crippen LogP contribution >= 0.6 is 0 Å². The Bertz CT molecular complexity index is 245. The number of carbonyl (C=O) groups excluding carboxylic acids is 1. The van der Waals surface area contributed by atoms with Gasteiger partial charge < -0.3 is 10.5 Å². The van der Waals surface area contributed by atoms with Crippen LogP contribution in [-0.4, -0.2) is 18.6 Å². The zero-order valence-corrected chi connectivity index (χ0v) is 12.2. The van der Waals surface area contributed by atoms with Gasteiger partial charge in [-0.05, 0) is 50.0 Å². The predicted octanol–water partition coefficient (Wildman–Crippen LogP) is 3.12. The second-order valence-electron chi connectivity index (χ2n) is 6.32. The van der Waals surface area contributed by atoms with Crippen LogP contribution in [0.3, 0.4) is 0 Å². The van der Waals surface area contributed by atoms with E-state index in [0.29, 0.717) is 24.8 Å². The Labute approximate surface area is 111 Å². The highest BCUT2D eigenvalue weighted by Crippen LogP contribution is 2.26. The summed E-state index contributed by atoms with van der Waals surface area (Å²) in [7, 11) is 0. The Kier molecular flexibility index (Phi) is 6.69. The standard InChI is InChI=1S/C15H29NO2/c1-11(2)7-13(10-16)9-15(17)18-14-6-4-5-12(3)8-14/h11-14H,4-10,16H2,1-3H3/t12?,13-,14?/m0/s1. The first kappa shape index (κ1) is 15.5. The van der Waals surface area contributed by atoms with E-state index >= 15 is 0 Å². The Balaban J connectivity index is 2.30. The molecule has 3 nitrogen and oxygen atoms in total. The Morgan fingerprint density at radius 3 is 2.67 bits per heavy atom. The minimum absolute atomic E-state index is 0.0507. The van der Waals surface area contributed by atoms with Gasteiger partial charge in [0.15, 0.2) is 0 Å². The number of hydrogen-bond donors (Lipinski definition) is 1. The lowest BCUT2D eigenvalue weighted by Gasteiger charge is -2.27. The van der Waals surface area contributed by atoms with Crippen LogP contribution in [0.15, 0.2) is 0 Å². The van der Waals surface area contributed by atoms with Crippen LogP contribution in [0.1, 0.15) is 59.3 Å². The molecule has 1 aliphatic rings. The molecule has 0 radical (unpaired) electrons. The van der Waals surface area contributed by atoms with E-state index < -0.39 is 0 Å². The number of ether oxygens (including phenoxy) is 1. The fraction of sp³-hybridized carbons (Fsp3) is 0.933. The topological polar surface area (TPSA) is 52.3 Å². The Hall–Kier alpha value is -0.570. The van der Waals surface area contributed by atoms with Crippen LogP contribution < -0.4 is 5.73 Å². The first-order chi connectivity index (χ1) is 8.51. The second kappa shape index (κ2) is 7.78. The molecule has 0 heterocycles. The van der Waals surface area contributed by atoms with E-state index in [9.17, 15) is 4.79 Å². The SMILES string of the molecule is CC(C)C[C@H](CN)CC(=O)OC1CCCC(C)C1. The third-order valence-corrected chi connectivity index (χ3v) is 3.78. The fourth-order valence-electron chi connectivity index (χ4n) is 2.88. The lowest BCUT2D eigenvalue weighted by atomic mass is 9.88. The van der Waals surface area contributed by atoms with Gasteiger partial charge in [0.05, 0.1) is 0 Å². The molecule has 0 amide bonds. The van der Waals surface area contributed by atoms with E-state index in [1.165, 1.54) is 12.8 Å². The molecule has 0 aromatic rings. The quantitative estimate of drug-likeness (QED) is 0.742. The molecule has 0 aliphatic heterocycles. The molecule has 2 N–H and O–H groups in total. The minimum Gasteiger partial charge on any atom is -0.462 e. The van der Waals surface area contributed by atoms with Gasteiger partial charge in [-0.3, -0.25) is 4.79 Å². The van der Waals surface area contributed by atoms with Crippen molar-refractivity contribution in [1.82, 2.24) is 0 Å². The van der Waals surface area contributed by atoms with Gasteiger partial charge in [-0.2, -0.15) is 0 Å². The van der Waals surface area contributed by atoms with Crippen LogP contribution in [0.5, 0.6) is 0 Å². The highest BCUT2D eigenvalue weighted by molar-refractivity contribution is 5.69. The Morgan fingerprint density at radius 2 is 2.11 bits per heavy atom. The van der Waals surface area contributed by atoms with Crippen LogP contribution in [-0.2, 0) is 9.53 Å². The Morgan fingerprint density at radius 1 is 1.39 bits per heavy atom. The van der Waals surface area contributed by atoms with Crippen molar-refractivity contribution < 1.29 is 9.53 Å². The van der Waals surface area contributed by atoms with Gasteiger partial charge in [0.2, 0.25) is 0 Å². The summed E-state index contributed by atoms with van der Waals surface area (Å²) in [4.78, 5) is 11.9. The van der Waals surface area contributed by atoms with Gasteiger partial charge in [-0.15, -0.1) is 0 Å². The summed E-state index contributed by atoms with van der Waals surface area (Å²) < 4.78 is 5.58. The van der Waals surface area contributed by atoms with Crippen molar-refractivity contribution in [2.75, 3.05) is 6.54 Å². The second-order valence-corrected chi connectivity index (χ2v) is 6.32. The minimum atomic E-state index is -0.0507. The van der Waals surface area contributed by atoms with Crippen molar-refractivity contribution in [3.05, 3.63) is 0 Å². The summed E-state index contributed by atoms with van der Waals surface area (Å²) in [6.07, 6.45) is 6.17. The summed E-state index contributed by atoms with van der Waals surface area (Å²) in [5.41, 5.74) is 5.72. The largest absolute Gasteiger partial charge is 0.462 e. The molecule has 3 atom stereocenters. The van der Waals surface area contributed by atoms with Crippen LogP contribution in [0, 0.1) is 17.8 Å². The molecule has 106 valence electrons. The number of rotatable bonds is 6. The fourth-order valence-corrected chi connectivity index (χ4v) is 2.88. The van der Waals surface area contributed by atoms with Gasteiger partial charge in [-0.25, -0.2) is 0 Å². The lowest BCUT2D eigenvalue weighted by Crippen LogP contribution is -2.27. The normalized spacial score (nSPS) is 26.1. The van der Waals surface area contributed by atoms with E-state index in [4.69, 9.17) is 10.5 Å². The van der Waals surface area contributed by atoms with E-state index in [2.05, 4.69) is 20.8 Å². The number of hydrogen-bond acceptors (Lipinski definition) is 3. The average Bonchev–Trinajstić information content (AvgIpc) is 2.27. The monoisotopic (exact) mass is 255 g/mol. The van der Waals surface area contributed by atoms with Crippen molar-refractivity contribution in [1.29, 1.82) is 0 Å². The van der Waals surface area contributed by atoms with Crippen molar-refractivity contribution in [2.24, 2.45) is 23.5 Å². The van der Waals surface area contributed by atoms with Crippen LogP contribution in [0.2, 0.25) is 0 Å². The van der Waals surface area contributed by atoms with Gasteiger partial charge in [0, 0.05) is 6.42 Å². The third kappa shape index (κ3) is 5.85. The number of esters is 1. The maximum atomic E-state index is 11.9. The zero-order chi connectivity index (χ0) is 13.5. The molecular formula is C15H29NO2. The first-order valence-electron chi connectivity index (χ1n) is 7.40. The van der Waals surface area contributed by atoms with Crippen LogP contribution in [0.25, 0.3) is 0 Å². The number of carbonyl (C=O) groups is 1. The molecular weight excluding hydrogens is 226 g/mol. The van der Waals surface area contributed by atoms with Gasteiger partial charge in [0.1, 0.15) is 6.10 Å². The molecule has 0 bridgehead atoms. The van der Waals surface area contributed by atoms with Crippen LogP contribution in [0.4, 0.5) is 0 Å². The molecule has 1 aliphatic carbocycles. The predicted molar refractivity (Wildman–Crippen MR) is 74.1 cm³/mol. The van der Waals surface area contributed by atoms with E-state index in [1.807, 2.05) is 0 Å². The molecule has 18 heavy (non-hydrogen) atoms. The van der Waals surface area contributed by atoms with Gasteiger partial charge in [0.25, 0.3) is 0 Å². The summed E-state index contributed by atoms with van der Waals surface area (Å²) in [6, 6.07) is 0. The zero-order valence-electron chi connectivity index (χ0n) is 12.2. The maximum Gasteiger partial charge on any atom is 0.306 e. The summed E-state index contributed by atoms with van der Waals surface area (Å²) in [5, 5.41) is 0. The smallest absolute Gasteiger partial charge is 0.306 e. The van der Waals surface area contributed by atoms with Crippen molar-refractivity contribution in [3.8, 4) is 0 Å². The lowest BCUT2D eigenvalue weighted by molar-refractivity contribution is -0.152. The number of nitrogens with two attached hydrogens (primary N) is 1. The first-order valence-corrected chi connectivity index (χ1v) is 7.40.